The molecule has 4 heteroatoms. The molecule has 0 amide bonds. The van der Waals surface area contributed by atoms with Crippen molar-refractivity contribution in [2.45, 2.75) is 38.4 Å². The SMILES string of the molecule is COC(=O)C1CCCCN1Cc1cccc(CN)c1. The van der Waals surface area contributed by atoms with E-state index >= 15 is 0 Å². The van der Waals surface area contributed by atoms with Crippen molar-refractivity contribution in [1.29, 1.82) is 0 Å². The maximum Gasteiger partial charge on any atom is 0.323 e. The summed E-state index contributed by atoms with van der Waals surface area (Å²) in [7, 11) is 1.46. The van der Waals surface area contributed by atoms with E-state index in [0.29, 0.717) is 6.54 Å². The number of likely N-dealkylation sites (tertiary alicyclic amines) is 1. The summed E-state index contributed by atoms with van der Waals surface area (Å²) >= 11 is 0. The number of nitrogens with zero attached hydrogens (tertiary/aromatic N) is 1. The van der Waals surface area contributed by atoms with Crippen LogP contribution < -0.4 is 5.73 Å². The third-order valence-corrected chi connectivity index (χ3v) is 3.70. The Morgan fingerprint density at radius 1 is 1.42 bits per heavy atom. The largest absolute Gasteiger partial charge is 0.468 e. The molecule has 2 rings (SSSR count). The van der Waals surface area contributed by atoms with Gasteiger partial charge in [-0.05, 0) is 30.5 Å². The molecule has 0 aromatic heterocycles. The van der Waals surface area contributed by atoms with Gasteiger partial charge < -0.3 is 10.5 Å². The zero-order valence-corrected chi connectivity index (χ0v) is 11.5. The fraction of sp³-hybridized carbons (Fsp3) is 0.533. The lowest BCUT2D eigenvalue weighted by Gasteiger charge is -2.33. The van der Waals surface area contributed by atoms with Crippen LogP contribution in [0.15, 0.2) is 24.3 Å². The van der Waals surface area contributed by atoms with E-state index in [9.17, 15) is 4.79 Å². The molecule has 1 aromatic carbocycles. The van der Waals surface area contributed by atoms with Gasteiger partial charge in [0, 0.05) is 13.1 Å². The Hall–Kier alpha value is -1.39. The Morgan fingerprint density at radius 2 is 2.21 bits per heavy atom. The molecule has 0 saturated carbocycles. The predicted molar refractivity (Wildman–Crippen MR) is 74.4 cm³/mol. The number of hydrogen-bond acceptors (Lipinski definition) is 4. The van der Waals surface area contributed by atoms with E-state index in [1.165, 1.54) is 12.7 Å². The lowest BCUT2D eigenvalue weighted by Crippen LogP contribution is -2.44. The molecule has 0 bridgehead atoms. The summed E-state index contributed by atoms with van der Waals surface area (Å²) in [5, 5.41) is 0. The Labute approximate surface area is 114 Å². The summed E-state index contributed by atoms with van der Waals surface area (Å²) in [6, 6.07) is 8.15. The summed E-state index contributed by atoms with van der Waals surface area (Å²) in [6.45, 7) is 2.29. The highest BCUT2D eigenvalue weighted by Gasteiger charge is 2.29. The topological polar surface area (TPSA) is 55.6 Å². The van der Waals surface area contributed by atoms with Crippen LogP contribution >= 0.6 is 0 Å². The number of carbonyl (C=O) groups is 1. The molecular weight excluding hydrogens is 240 g/mol. The maximum atomic E-state index is 11.8. The molecule has 1 atom stereocenters. The quantitative estimate of drug-likeness (QED) is 0.839. The lowest BCUT2D eigenvalue weighted by atomic mass is 10.0. The van der Waals surface area contributed by atoms with Crippen molar-refractivity contribution in [2.24, 2.45) is 5.73 Å². The number of methoxy groups -OCH3 is 1. The van der Waals surface area contributed by atoms with Gasteiger partial charge in [-0.2, -0.15) is 0 Å². The van der Waals surface area contributed by atoms with Gasteiger partial charge in [-0.15, -0.1) is 0 Å². The molecule has 19 heavy (non-hydrogen) atoms. The first-order valence-electron chi connectivity index (χ1n) is 6.84. The Bertz CT molecular complexity index is 434. The van der Waals surface area contributed by atoms with E-state index < -0.39 is 0 Å². The number of piperidine rings is 1. The molecule has 0 radical (unpaired) electrons. The normalized spacial score (nSPS) is 20.2. The van der Waals surface area contributed by atoms with E-state index in [0.717, 1.165) is 37.9 Å². The summed E-state index contributed by atoms with van der Waals surface area (Å²) in [6.07, 6.45) is 3.13. The minimum Gasteiger partial charge on any atom is -0.468 e. The number of carbonyl (C=O) groups excluding carboxylic acids is 1. The van der Waals surface area contributed by atoms with Crippen LogP contribution in [0.1, 0.15) is 30.4 Å². The van der Waals surface area contributed by atoms with Gasteiger partial charge in [-0.3, -0.25) is 9.69 Å². The Kier molecular flexibility index (Phi) is 4.93. The van der Waals surface area contributed by atoms with Gasteiger partial charge in [0.05, 0.1) is 7.11 Å². The van der Waals surface area contributed by atoms with E-state index in [2.05, 4.69) is 17.0 Å². The number of rotatable bonds is 4. The average Bonchev–Trinajstić information content (AvgIpc) is 2.47. The number of ether oxygens (including phenoxy) is 1. The van der Waals surface area contributed by atoms with Gasteiger partial charge in [0.2, 0.25) is 0 Å². The second-order valence-electron chi connectivity index (χ2n) is 5.03. The van der Waals surface area contributed by atoms with Crippen molar-refractivity contribution < 1.29 is 9.53 Å². The van der Waals surface area contributed by atoms with Crippen molar-refractivity contribution in [3.63, 3.8) is 0 Å². The number of benzene rings is 1. The first-order valence-corrected chi connectivity index (χ1v) is 6.84. The number of nitrogens with two attached hydrogens (primary N) is 1. The fourth-order valence-electron chi connectivity index (χ4n) is 2.67. The first-order chi connectivity index (χ1) is 9.24. The third-order valence-electron chi connectivity index (χ3n) is 3.70. The van der Waals surface area contributed by atoms with E-state index in [4.69, 9.17) is 10.5 Å². The van der Waals surface area contributed by atoms with Crippen molar-refractivity contribution in [1.82, 2.24) is 4.90 Å². The van der Waals surface area contributed by atoms with Crippen LogP contribution in [0, 0.1) is 0 Å². The molecule has 2 N–H and O–H groups in total. The smallest absolute Gasteiger partial charge is 0.323 e. The van der Waals surface area contributed by atoms with Gasteiger partial charge in [0.15, 0.2) is 0 Å². The Morgan fingerprint density at radius 3 is 2.95 bits per heavy atom. The van der Waals surface area contributed by atoms with E-state index in [1.54, 1.807) is 0 Å². The summed E-state index contributed by atoms with van der Waals surface area (Å²) < 4.78 is 4.90. The maximum absolute atomic E-state index is 11.8. The molecule has 1 unspecified atom stereocenters. The molecule has 1 aliphatic heterocycles. The summed E-state index contributed by atoms with van der Waals surface area (Å²) in [4.78, 5) is 14.0. The molecular formula is C15H22N2O2. The van der Waals surface area contributed by atoms with Crippen LogP contribution in [-0.2, 0) is 22.6 Å². The van der Waals surface area contributed by atoms with Crippen molar-refractivity contribution >= 4 is 5.97 Å². The van der Waals surface area contributed by atoms with Crippen LogP contribution in [0.25, 0.3) is 0 Å². The molecule has 1 fully saturated rings. The van der Waals surface area contributed by atoms with Gasteiger partial charge in [-0.25, -0.2) is 0 Å². The first kappa shape index (κ1) is 14.0. The molecule has 104 valence electrons. The number of hydrogen-bond donors (Lipinski definition) is 1. The predicted octanol–water partition coefficient (Wildman–Crippen LogP) is 1.67. The Balaban J connectivity index is 2.08. The third kappa shape index (κ3) is 3.55. The second-order valence-corrected chi connectivity index (χ2v) is 5.03. The van der Waals surface area contributed by atoms with Crippen LogP contribution in [0.4, 0.5) is 0 Å². The van der Waals surface area contributed by atoms with Gasteiger partial charge in [0.1, 0.15) is 6.04 Å². The highest BCUT2D eigenvalue weighted by atomic mass is 16.5. The fourth-order valence-corrected chi connectivity index (χ4v) is 2.67. The van der Waals surface area contributed by atoms with E-state index in [-0.39, 0.29) is 12.0 Å². The minimum absolute atomic E-state index is 0.0970. The number of esters is 1. The molecule has 1 aromatic rings. The molecule has 1 aliphatic rings. The van der Waals surface area contributed by atoms with Crippen LogP contribution in [0.3, 0.4) is 0 Å². The highest BCUT2D eigenvalue weighted by Crippen LogP contribution is 2.21. The van der Waals surface area contributed by atoms with Crippen molar-refractivity contribution in [3.05, 3.63) is 35.4 Å². The van der Waals surface area contributed by atoms with Gasteiger partial charge in [-0.1, -0.05) is 30.7 Å². The van der Waals surface area contributed by atoms with Crippen molar-refractivity contribution in [3.8, 4) is 0 Å². The molecule has 0 spiro atoms. The van der Waals surface area contributed by atoms with Gasteiger partial charge in [0.25, 0.3) is 0 Å². The molecule has 0 aliphatic carbocycles. The van der Waals surface area contributed by atoms with Crippen LogP contribution in [-0.4, -0.2) is 30.6 Å². The molecule has 1 saturated heterocycles. The molecule has 4 nitrogen and oxygen atoms in total. The zero-order valence-electron chi connectivity index (χ0n) is 11.5. The average molecular weight is 262 g/mol. The van der Waals surface area contributed by atoms with Crippen LogP contribution in [0.2, 0.25) is 0 Å². The second kappa shape index (κ2) is 6.68. The summed E-state index contributed by atoms with van der Waals surface area (Å²) in [5.74, 6) is -0.116. The summed E-state index contributed by atoms with van der Waals surface area (Å²) in [5.41, 5.74) is 8.00. The van der Waals surface area contributed by atoms with Crippen molar-refractivity contribution in [2.75, 3.05) is 13.7 Å². The monoisotopic (exact) mass is 262 g/mol. The highest BCUT2D eigenvalue weighted by molar-refractivity contribution is 5.75. The lowest BCUT2D eigenvalue weighted by molar-refractivity contribution is -0.148. The van der Waals surface area contributed by atoms with Gasteiger partial charge >= 0.3 is 5.97 Å². The zero-order chi connectivity index (χ0) is 13.7. The van der Waals surface area contributed by atoms with Crippen LogP contribution in [0.5, 0.6) is 0 Å². The standard InChI is InChI=1S/C15H22N2O2/c1-19-15(18)14-7-2-3-8-17(14)11-13-6-4-5-12(9-13)10-16/h4-6,9,14H,2-3,7-8,10-11,16H2,1H3. The molecule has 1 heterocycles. The van der Waals surface area contributed by atoms with E-state index in [1.807, 2.05) is 12.1 Å². The minimum atomic E-state index is -0.116.